The van der Waals surface area contributed by atoms with Crippen molar-refractivity contribution < 1.29 is 4.79 Å². The normalized spacial score (nSPS) is 16.2. The van der Waals surface area contributed by atoms with Crippen LogP contribution in [-0.4, -0.2) is 29.6 Å². The summed E-state index contributed by atoms with van der Waals surface area (Å²) in [5, 5.41) is 0.619. The minimum atomic E-state index is 0.208. The molecule has 19 heavy (non-hydrogen) atoms. The zero-order valence-corrected chi connectivity index (χ0v) is 12.5. The Kier molecular flexibility index (Phi) is 5.40. The van der Waals surface area contributed by atoms with E-state index in [-0.39, 0.29) is 5.91 Å². The molecule has 1 heterocycles. The summed E-state index contributed by atoms with van der Waals surface area (Å²) in [7, 11) is 0. The molecule has 0 saturated carbocycles. The molecular weight excluding hydrogens is 280 g/mol. The highest BCUT2D eigenvalue weighted by molar-refractivity contribution is 8.00. The zero-order valence-electron chi connectivity index (χ0n) is 10.9. The SMILES string of the molecule is Nc1ccc(SCC(=O)N2CCCCCC2)c(Cl)c1. The van der Waals surface area contributed by atoms with E-state index in [1.165, 1.54) is 24.6 Å². The molecule has 0 atom stereocenters. The molecule has 104 valence electrons. The Balaban J connectivity index is 1.88. The van der Waals surface area contributed by atoms with Gasteiger partial charge in [-0.05, 0) is 31.0 Å². The largest absolute Gasteiger partial charge is 0.399 e. The number of benzene rings is 1. The van der Waals surface area contributed by atoms with Crippen LogP contribution in [0, 0.1) is 0 Å². The van der Waals surface area contributed by atoms with Gasteiger partial charge in [0, 0.05) is 23.7 Å². The van der Waals surface area contributed by atoms with Gasteiger partial charge < -0.3 is 10.6 Å². The molecule has 0 aromatic heterocycles. The third-order valence-electron chi connectivity index (χ3n) is 3.27. The predicted molar refractivity (Wildman–Crippen MR) is 81.6 cm³/mol. The molecule has 0 radical (unpaired) electrons. The molecule has 2 rings (SSSR count). The summed E-state index contributed by atoms with van der Waals surface area (Å²) in [6, 6.07) is 5.41. The van der Waals surface area contributed by atoms with E-state index in [4.69, 9.17) is 17.3 Å². The standard InChI is InChI=1S/C14H19ClN2OS/c15-12-9-11(16)5-6-13(12)19-10-14(18)17-7-3-1-2-4-8-17/h5-6,9H,1-4,7-8,10,16H2. The molecule has 1 aliphatic rings. The number of likely N-dealkylation sites (tertiary alicyclic amines) is 1. The number of hydrogen-bond donors (Lipinski definition) is 1. The molecule has 1 amide bonds. The Bertz CT molecular complexity index is 445. The van der Waals surface area contributed by atoms with E-state index in [0.717, 1.165) is 30.8 Å². The lowest BCUT2D eigenvalue weighted by molar-refractivity contribution is -0.128. The number of nitrogens with zero attached hydrogens (tertiary/aromatic N) is 1. The van der Waals surface area contributed by atoms with Gasteiger partial charge in [0.2, 0.25) is 5.91 Å². The molecule has 1 fully saturated rings. The number of nitrogen functional groups attached to an aromatic ring is 1. The van der Waals surface area contributed by atoms with Crippen LogP contribution >= 0.6 is 23.4 Å². The first-order valence-corrected chi connectivity index (χ1v) is 7.99. The Morgan fingerprint density at radius 3 is 2.58 bits per heavy atom. The van der Waals surface area contributed by atoms with E-state index >= 15 is 0 Å². The highest BCUT2D eigenvalue weighted by Gasteiger charge is 2.16. The zero-order chi connectivity index (χ0) is 13.7. The van der Waals surface area contributed by atoms with Crippen molar-refractivity contribution >= 4 is 35.0 Å². The van der Waals surface area contributed by atoms with Crippen LogP contribution in [0.4, 0.5) is 5.69 Å². The van der Waals surface area contributed by atoms with E-state index in [1.54, 1.807) is 6.07 Å². The average Bonchev–Trinajstić information content (AvgIpc) is 2.66. The highest BCUT2D eigenvalue weighted by Crippen LogP contribution is 2.29. The molecule has 1 aromatic carbocycles. The number of carbonyl (C=O) groups excluding carboxylic acids is 1. The van der Waals surface area contributed by atoms with E-state index in [2.05, 4.69) is 0 Å². The first kappa shape index (κ1) is 14.5. The quantitative estimate of drug-likeness (QED) is 0.687. The Morgan fingerprint density at radius 1 is 1.26 bits per heavy atom. The van der Waals surface area contributed by atoms with Crippen molar-refractivity contribution in [1.82, 2.24) is 4.90 Å². The summed E-state index contributed by atoms with van der Waals surface area (Å²) in [6.07, 6.45) is 4.72. The maximum atomic E-state index is 12.1. The third kappa shape index (κ3) is 4.32. The molecular formula is C14H19ClN2OS. The van der Waals surface area contributed by atoms with Crippen molar-refractivity contribution in [3.05, 3.63) is 23.2 Å². The first-order chi connectivity index (χ1) is 9.16. The summed E-state index contributed by atoms with van der Waals surface area (Å²) in [5.74, 6) is 0.656. The number of halogens is 1. The second-order valence-electron chi connectivity index (χ2n) is 4.77. The van der Waals surface area contributed by atoms with Gasteiger partial charge in [0.25, 0.3) is 0 Å². The van der Waals surface area contributed by atoms with Gasteiger partial charge in [0.1, 0.15) is 0 Å². The van der Waals surface area contributed by atoms with Crippen LogP contribution in [0.2, 0.25) is 5.02 Å². The number of hydrogen-bond acceptors (Lipinski definition) is 3. The van der Waals surface area contributed by atoms with Gasteiger partial charge in [-0.2, -0.15) is 0 Å². The molecule has 2 N–H and O–H groups in total. The molecule has 0 aliphatic carbocycles. The summed E-state index contributed by atoms with van der Waals surface area (Å²) in [5.41, 5.74) is 6.30. The lowest BCUT2D eigenvalue weighted by Crippen LogP contribution is -2.33. The maximum Gasteiger partial charge on any atom is 0.232 e. The summed E-state index contributed by atoms with van der Waals surface area (Å²) < 4.78 is 0. The van der Waals surface area contributed by atoms with Gasteiger partial charge >= 0.3 is 0 Å². The van der Waals surface area contributed by atoms with Crippen LogP contribution in [0.1, 0.15) is 25.7 Å². The Labute approximate surface area is 123 Å². The topological polar surface area (TPSA) is 46.3 Å². The minimum Gasteiger partial charge on any atom is -0.399 e. The van der Waals surface area contributed by atoms with Crippen LogP contribution in [-0.2, 0) is 4.79 Å². The molecule has 1 saturated heterocycles. The van der Waals surface area contributed by atoms with Crippen molar-refractivity contribution in [1.29, 1.82) is 0 Å². The molecule has 1 aliphatic heterocycles. The van der Waals surface area contributed by atoms with Gasteiger partial charge in [-0.15, -0.1) is 11.8 Å². The lowest BCUT2D eigenvalue weighted by Gasteiger charge is -2.20. The van der Waals surface area contributed by atoms with Gasteiger partial charge in [-0.3, -0.25) is 4.79 Å². The van der Waals surface area contributed by atoms with Crippen molar-refractivity contribution in [2.24, 2.45) is 0 Å². The molecule has 5 heteroatoms. The number of anilines is 1. The van der Waals surface area contributed by atoms with E-state index in [9.17, 15) is 4.79 Å². The van der Waals surface area contributed by atoms with E-state index < -0.39 is 0 Å². The Hall–Kier alpha value is -0.870. The summed E-state index contributed by atoms with van der Waals surface area (Å²) in [6.45, 7) is 1.80. The predicted octanol–water partition coefficient (Wildman–Crippen LogP) is 3.42. The number of amides is 1. The van der Waals surface area contributed by atoms with Gasteiger partial charge in [-0.1, -0.05) is 24.4 Å². The fourth-order valence-corrected chi connectivity index (χ4v) is 3.36. The molecule has 0 unspecified atom stereocenters. The first-order valence-electron chi connectivity index (χ1n) is 6.62. The molecule has 1 aromatic rings. The van der Waals surface area contributed by atoms with Gasteiger partial charge in [0.15, 0.2) is 0 Å². The van der Waals surface area contributed by atoms with E-state index in [1.807, 2.05) is 17.0 Å². The maximum absolute atomic E-state index is 12.1. The van der Waals surface area contributed by atoms with Gasteiger partial charge in [0.05, 0.1) is 10.8 Å². The summed E-state index contributed by atoms with van der Waals surface area (Å²) >= 11 is 7.58. The minimum absolute atomic E-state index is 0.208. The number of nitrogens with two attached hydrogens (primary N) is 1. The van der Waals surface area contributed by atoms with E-state index in [0.29, 0.717) is 16.5 Å². The summed E-state index contributed by atoms with van der Waals surface area (Å²) in [4.78, 5) is 15.0. The van der Waals surface area contributed by atoms with Crippen LogP contribution in [0.3, 0.4) is 0 Å². The fourth-order valence-electron chi connectivity index (χ4n) is 2.19. The lowest BCUT2D eigenvalue weighted by atomic mass is 10.2. The van der Waals surface area contributed by atoms with Crippen LogP contribution < -0.4 is 5.73 Å². The van der Waals surface area contributed by atoms with Crippen molar-refractivity contribution in [2.75, 3.05) is 24.6 Å². The second kappa shape index (κ2) is 7.06. The van der Waals surface area contributed by atoms with Crippen LogP contribution in [0.25, 0.3) is 0 Å². The fraction of sp³-hybridized carbons (Fsp3) is 0.500. The number of thioether (sulfide) groups is 1. The highest BCUT2D eigenvalue weighted by atomic mass is 35.5. The van der Waals surface area contributed by atoms with Crippen molar-refractivity contribution in [3.8, 4) is 0 Å². The average molecular weight is 299 g/mol. The van der Waals surface area contributed by atoms with Crippen LogP contribution in [0.15, 0.2) is 23.1 Å². The molecule has 3 nitrogen and oxygen atoms in total. The number of carbonyl (C=O) groups is 1. The molecule has 0 spiro atoms. The van der Waals surface area contributed by atoms with Crippen LogP contribution in [0.5, 0.6) is 0 Å². The molecule has 0 bridgehead atoms. The van der Waals surface area contributed by atoms with Crippen molar-refractivity contribution in [3.63, 3.8) is 0 Å². The van der Waals surface area contributed by atoms with Crippen molar-refractivity contribution in [2.45, 2.75) is 30.6 Å². The monoisotopic (exact) mass is 298 g/mol. The number of rotatable bonds is 3. The van der Waals surface area contributed by atoms with Gasteiger partial charge in [-0.25, -0.2) is 0 Å². The third-order valence-corrected chi connectivity index (χ3v) is 4.75. The second-order valence-corrected chi connectivity index (χ2v) is 6.20. The smallest absolute Gasteiger partial charge is 0.232 e. The Morgan fingerprint density at radius 2 is 1.95 bits per heavy atom.